The van der Waals surface area contributed by atoms with Gasteiger partial charge in [-0.15, -0.1) is 0 Å². The summed E-state index contributed by atoms with van der Waals surface area (Å²) in [6.07, 6.45) is 4.21. The van der Waals surface area contributed by atoms with Gasteiger partial charge in [0.05, 0.1) is 6.04 Å². The molecule has 2 aliphatic rings. The molecule has 2 N–H and O–H groups in total. The molecule has 0 aromatic rings. The Kier molecular flexibility index (Phi) is 4.40. The minimum absolute atomic E-state index is 0.0247. The van der Waals surface area contributed by atoms with Crippen molar-refractivity contribution in [3.63, 3.8) is 0 Å². The molecule has 2 aliphatic heterocycles. The highest BCUT2D eigenvalue weighted by Crippen LogP contribution is 2.23. The molecule has 0 aromatic heterocycles. The van der Waals surface area contributed by atoms with Crippen LogP contribution in [0, 0.1) is 11.8 Å². The summed E-state index contributed by atoms with van der Waals surface area (Å²) in [6, 6.07) is 0.0247. The Morgan fingerprint density at radius 3 is 3.00 bits per heavy atom. The summed E-state index contributed by atoms with van der Waals surface area (Å²) in [4.78, 5) is 14.3. The first kappa shape index (κ1) is 12.8. The van der Waals surface area contributed by atoms with Crippen LogP contribution in [0.25, 0.3) is 0 Å². The van der Waals surface area contributed by atoms with Crippen molar-refractivity contribution in [2.75, 3.05) is 26.2 Å². The second-order valence-electron chi connectivity index (χ2n) is 5.50. The maximum atomic E-state index is 12.4. The van der Waals surface area contributed by atoms with Crippen LogP contribution in [0.3, 0.4) is 0 Å². The van der Waals surface area contributed by atoms with Gasteiger partial charge in [0, 0.05) is 19.7 Å². The van der Waals surface area contributed by atoms with Gasteiger partial charge >= 0.3 is 0 Å². The molecule has 98 valence electrons. The van der Waals surface area contributed by atoms with Crippen molar-refractivity contribution in [1.29, 1.82) is 0 Å². The van der Waals surface area contributed by atoms with Crippen molar-refractivity contribution in [3.8, 4) is 0 Å². The summed E-state index contributed by atoms with van der Waals surface area (Å²) in [7, 11) is 0. The van der Waals surface area contributed by atoms with E-state index in [1.165, 1.54) is 6.42 Å². The van der Waals surface area contributed by atoms with Crippen LogP contribution in [0.1, 0.15) is 32.6 Å². The summed E-state index contributed by atoms with van der Waals surface area (Å²) >= 11 is 0. The van der Waals surface area contributed by atoms with E-state index < -0.39 is 0 Å². The van der Waals surface area contributed by atoms with Gasteiger partial charge in [0.25, 0.3) is 0 Å². The summed E-state index contributed by atoms with van der Waals surface area (Å²) < 4.78 is 0. The molecule has 0 spiro atoms. The number of hydrogen-bond donors (Lipinski definition) is 2. The third-order valence-electron chi connectivity index (χ3n) is 4.17. The van der Waals surface area contributed by atoms with Gasteiger partial charge in [0.15, 0.2) is 0 Å². The van der Waals surface area contributed by atoms with Crippen molar-refractivity contribution in [2.45, 2.75) is 38.6 Å². The highest BCUT2D eigenvalue weighted by Gasteiger charge is 2.34. The van der Waals surface area contributed by atoms with Gasteiger partial charge in [0.1, 0.15) is 0 Å². The van der Waals surface area contributed by atoms with Crippen LogP contribution in [0.5, 0.6) is 0 Å². The predicted octanol–water partition coefficient (Wildman–Crippen LogP) is 0.605. The van der Waals surface area contributed by atoms with E-state index in [-0.39, 0.29) is 18.6 Å². The summed E-state index contributed by atoms with van der Waals surface area (Å²) in [6.45, 7) is 5.08. The van der Waals surface area contributed by atoms with Crippen LogP contribution in [0.2, 0.25) is 0 Å². The molecule has 0 aliphatic carbocycles. The fraction of sp³-hybridized carbons (Fsp3) is 0.923. The highest BCUT2D eigenvalue weighted by molar-refractivity contribution is 5.82. The molecule has 0 saturated carbocycles. The molecular weight excluding hydrogens is 216 g/mol. The number of nitrogens with one attached hydrogen (secondary N) is 1. The number of carbonyl (C=O) groups excluding carboxylic acids is 1. The molecule has 0 aromatic carbocycles. The molecule has 0 radical (unpaired) electrons. The first-order valence-corrected chi connectivity index (χ1v) is 6.85. The van der Waals surface area contributed by atoms with Crippen molar-refractivity contribution >= 4 is 5.91 Å². The molecule has 4 heteroatoms. The Morgan fingerprint density at radius 2 is 2.29 bits per heavy atom. The number of carbonyl (C=O) groups is 1. The molecule has 3 unspecified atom stereocenters. The van der Waals surface area contributed by atoms with Crippen LogP contribution in [-0.2, 0) is 4.79 Å². The number of aliphatic hydroxyl groups is 1. The number of likely N-dealkylation sites (tertiary alicyclic amines) is 1. The smallest absolute Gasteiger partial charge is 0.239 e. The predicted molar refractivity (Wildman–Crippen MR) is 66.6 cm³/mol. The Bertz CT molecular complexity index is 270. The lowest BCUT2D eigenvalue weighted by Crippen LogP contribution is -2.51. The average molecular weight is 240 g/mol. The fourth-order valence-electron chi connectivity index (χ4n) is 3.03. The first-order chi connectivity index (χ1) is 8.22. The third kappa shape index (κ3) is 2.99. The van der Waals surface area contributed by atoms with E-state index in [9.17, 15) is 4.79 Å². The zero-order chi connectivity index (χ0) is 12.3. The molecule has 0 bridgehead atoms. The number of rotatable bonds is 3. The molecular formula is C13H24N2O2. The zero-order valence-electron chi connectivity index (χ0n) is 10.7. The number of nitrogens with zero attached hydrogens (tertiary/aromatic N) is 1. The lowest BCUT2D eigenvalue weighted by molar-refractivity contribution is -0.134. The van der Waals surface area contributed by atoms with Gasteiger partial charge in [-0.3, -0.25) is 4.79 Å². The first-order valence-electron chi connectivity index (χ1n) is 6.85. The van der Waals surface area contributed by atoms with E-state index in [4.69, 9.17) is 5.11 Å². The quantitative estimate of drug-likeness (QED) is 0.760. The number of amides is 1. The molecule has 4 nitrogen and oxygen atoms in total. The summed E-state index contributed by atoms with van der Waals surface area (Å²) in [5.74, 6) is 1.23. The van der Waals surface area contributed by atoms with E-state index in [0.717, 1.165) is 38.9 Å². The van der Waals surface area contributed by atoms with E-state index in [2.05, 4.69) is 12.2 Å². The van der Waals surface area contributed by atoms with Crippen LogP contribution in [-0.4, -0.2) is 48.2 Å². The van der Waals surface area contributed by atoms with Crippen LogP contribution >= 0.6 is 0 Å². The minimum Gasteiger partial charge on any atom is -0.396 e. The monoisotopic (exact) mass is 240 g/mol. The second kappa shape index (κ2) is 5.83. The van der Waals surface area contributed by atoms with Crippen LogP contribution in [0.15, 0.2) is 0 Å². The topological polar surface area (TPSA) is 52.6 Å². The van der Waals surface area contributed by atoms with Gasteiger partial charge < -0.3 is 15.3 Å². The molecule has 2 heterocycles. The normalized spacial score (nSPS) is 34.0. The van der Waals surface area contributed by atoms with E-state index in [1.54, 1.807) is 0 Å². The number of piperidine rings is 1. The second-order valence-corrected chi connectivity index (χ2v) is 5.50. The van der Waals surface area contributed by atoms with E-state index in [0.29, 0.717) is 11.8 Å². The van der Waals surface area contributed by atoms with Crippen molar-refractivity contribution in [2.24, 2.45) is 11.8 Å². The summed E-state index contributed by atoms with van der Waals surface area (Å²) in [5, 5.41) is 12.3. The summed E-state index contributed by atoms with van der Waals surface area (Å²) in [5.41, 5.74) is 0. The van der Waals surface area contributed by atoms with Crippen molar-refractivity contribution < 1.29 is 9.90 Å². The standard InChI is InChI=1S/C13H24N2O2/c1-10-3-2-6-14-12(10)13(17)15-7-4-11(9-15)5-8-16/h10-12,14,16H,2-9H2,1H3. The van der Waals surface area contributed by atoms with Crippen LogP contribution < -0.4 is 5.32 Å². The number of aliphatic hydroxyl groups excluding tert-OH is 1. The zero-order valence-corrected chi connectivity index (χ0v) is 10.7. The molecule has 1 amide bonds. The Labute approximate surface area is 103 Å². The maximum absolute atomic E-state index is 12.4. The van der Waals surface area contributed by atoms with Crippen LogP contribution in [0.4, 0.5) is 0 Å². The fourth-order valence-corrected chi connectivity index (χ4v) is 3.03. The van der Waals surface area contributed by atoms with E-state index in [1.807, 2.05) is 4.90 Å². The average Bonchev–Trinajstić information content (AvgIpc) is 2.78. The third-order valence-corrected chi connectivity index (χ3v) is 4.17. The Balaban J connectivity index is 1.87. The molecule has 2 saturated heterocycles. The molecule has 2 rings (SSSR count). The lowest BCUT2D eigenvalue weighted by atomic mass is 9.92. The van der Waals surface area contributed by atoms with Gasteiger partial charge in [-0.1, -0.05) is 6.92 Å². The maximum Gasteiger partial charge on any atom is 0.239 e. The number of hydrogen-bond acceptors (Lipinski definition) is 3. The Morgan fingerprint density at radius 1 is 1.47 bits per heavy atom. The molecule has 17 heavy (non-hydrogen) atoms. The minimum atomic E-state index is 0.0247. The van der Waals surface area contributed by atoms with E-state index >= 15 is 0 Å². The van der Waals surface area contributed by atoms with Crippen molar-refractivity contribution in [3.05, 3.63) is 0 Å². The van der Waals surface area contributed by atoms with Gasteiger partial charge in [0.2, 0.25) is 5.91 Å². The SMILES string of the molecule is CC1CCCNC1C(=O)N1CCC(CCO)C1. The largest absolute Gasteiger partial charge is 0.396 e. The molecule has 3 atom stereocenters. The van der Waals surface area contributed by atoms with Gasteiger partial charge in [-0.05, 0) is 44.1 Å². The highest BCUT2D eigenvalue weighted by atomic mass is 16.3. The van der Waals surface area contributed by atoms with Gasteiger partial charge in [-0.2, -0.15) is 0 Å². The van der Waals surface area contributed by atoms with Crippen molar-refractivity contribution in [1.82, 2.24) is 10.2 Å². The Hall–Kier alpha value is -0.610. The molecule has 2 fully saturated rings. The van der Waals surface area contributed by atoms with Gasteiger partial charge in [-0.25, -0.2) is 0 Å². The lowest BCUT2D eigenvalue weighted by Gasteiger charge is -2.32.